The van der Waals surface area contributed by atoms with Crippen LogP contribution >= 0.6 is 0 Å². The lowest BCUT2D eigenvalue weighted by molar-refractivity contribution is -0.135. The maximum atomic E-state index is 12.2. The molecule has 1 aromatic carbocycles. The zero-order chi connectivity index (χ0) is 20.5. The Kier molecular flexibility index (Phi) is 7.39. The molecule has 0 fully saturated rings. The van der Waals surface area contributed by atoms with Crippen molar-refractivity contribution in [1.29, 1.82) is 0 Å². The number of phenolic OH excluding ortho intramolecular Hbond substituents is 1. The molecule has 146 valence electrons. The third-order valence-corrected chi connectivity index (χ3v) is 3.77. The molecule has 28 heavy (non-hydrogen) atoms. The fourth-order valence-corrected chi connectivity index (χ4v) is 2.29. The van der Waals surface area contributed by atoms with Crippen LogP contribution in [0.15, 0.2) is 83.6 Å². The molecule has 1 aliphatic rings. The van der Waals surface area contributed by atoms with Gasteiger partial charge in [-0.1, -0.05) is 6.08 Å². The number of allylic oxidation sites excluding steroid dienone is 8. The van der Waals surface area contributed by atoms with Crippen LogP contribution in [0.1, 0.15) is 37.0 Å². The SMILES string of the molecule is C/C=C/C(=C\C=C(/C)OC(=O)C1=CC=C(O)CC1)OC(=O)c1ccc(O)cc1. The van der Waals surface area contributed by atoms with Crippen LogP contribution < -0.4 is 0 Å². The molecular weight excluding hydrogens is 360 g/mol. The molecule has 0 spiro atoms. The second-order valence-electron chi connectivity index (χ2n) is 6.02. The normalized spacial score (nSPS) is 15.1. The van der Waals surface area contributed by atoms with Crippen LogP contribution in [-0.2, 0) is 14.3 Å². The topological polar surface area (TPSA) is 93.1 Å². The number of hydrogen-bond acceptors (Lipinski definition) is 6. The Labute approximate surface area is 163 Å². The van der Waals surface area contributed by atoms with Crippen LogP contribution in [0.3, 0.4) is 0 Å². The standard InChI is InChI=1S/C22H22O6/c1-3-4-20(28-22(26)17-8-12-19(24)13-9-17)14-5-15(2)27-21(25)16-6-10-18(23)11-7-16/h3-6,8-10,12-14,23-24H,7,11H2,1-2H3/b4-3+,15-5+,20-14+. The van der Waals surface area contributed by atoms with Crippen molar-refractivity contribution in [3.05, 3.63) is 89.1 Å². The number of ether oxygens (including phenoxy) is 2. The van der Waals surface area contributed by atoms with Crippen molar-refractivity contribution in [1.82, 2.24) is 0 Å². The van der Waals surface area contributed by atoms with E-state index in [1.54, 1.807) is 26.0 Å². The zero-order valence-electron chi connectivity index (χ0n) is 15.7. The van der Waals surface area contributed by atoms with Gasteiger partial charge in [0.1, 0.15) is 17.3 Å². The van der Waals surface area contributed by atoms with E-state index in [9.17, 15) is 19.8 Å². The Bertz CT molecular complexity index is 882. The minimum Gasteiger partial charge on any atom is -0.512 e. The quantitative estimate of drug-likeness (QED) is 0.424. The molecule has 0 unspecified atom stereocenters. The zero-order valence-corrected chi connectivity index (χ0v) is 15.7. The maximum Gasteiger partial charge on any atom is 0.343 e. The van der Waals surface area contributed by atoms with Crippen molar-refractivity contribution in [3.63, 3.8) is 0 Å². The largest absolute Gasteiger partial charge is 0.512 e. The van der Waals surface area contributed by atoms with Gasteiger partial charge in [-0.05, 0) is 74.9 Å². The third kappa shape index (κ3) is 6.32. The lowest BCUT2D eigenvalue weighted by Gasteiger charge is -2.10. The Morgan fingerprint density at radius 1 is 0.964 bits per heavy atom. The van der Waals surface area contributed by atoms with E-state index in [-0.39, 0.29) is 17.3 Å². The average molecular weight is 382 g/mol. The van der Waals surface area contributed by atoms with Crippen LogP contribution in [0, 0.1) is 0 Å². The molecule has 1 aliphatic carbocycles. The molecule has 0 aromatic heterocycles. The lowest BCUT2D eigenvalue weighted by Crippen LogP contribution is -2.09. The van der Waals surface area contributed by atoms with Crippen molar-refractivity contribution in [2.45, 2.75) is 26.7 Å². The van der Waals surface area contributed by atoms with E-state index in [1.165, 1.54) is 48.6 Å². The number of carbonyl (C=O) groups excluding carboxylic acids is 2. The van der Waals surface area contributed by atoms with Crippen LogP contribution in [0.4, 0.5) is 0 Å². The highest BCUT2D eigenvalue weighted by molar-refractivity contribution is 5.90. The summed E-state index contributed by atoms with van der Waals surface area (Å²) in [6.07, 6.45) is 10.2. The van der Waals surface area contributed by atoms with Gasteiger partial charge in [-0.3, -0.25) is 0 Å². The van der Waals surface area contributed by atoms with E-state index in [4.69, 9.17) is 9.47 Å². The highest BCUT2D eigenvalue weighted by atomic mass is 16.5. The number of rotatable bonds is 6. The van der Waals surface area contributed by atoms with Gasteiger partial charge in [0.05, 0.1) is 11.3 Å². The van der Waals surface area contributed by atoms with Gasteiger partial charge in [0, 0.05) is 12.0 Å². The molecule has 6 nitrogen and oxygen atoms in total. The minimum atomic E-state index is -0.577. The average Bonchev–Trinajstić information content (AvgIpc) is 2.67. The first-order valence-corrected chi connectivity index (χ1v) is 8.72. The number of aliphatic hydroxyl groups is 1. The predicted molar refractivity (Wildman–Crippen MR) is 104 cm³/mol. The van der Waals surface area contributed by atoms with Gasteiger partial charge < -0.3 is 19.7 Å². The lowest BCUT2D eigenvalue weighted by atomic mass is 10.0. The monoisotopic (exact) mass is 382 g/mol. The summed E-state index contributed by atoms with van der Waals surface area (Å²) < 4.78 is 10.6. The van der Waals surface area contributed by atoms with Crippen molar-refractivity contribution < 1.29 is 29.3 Å². The van der Waals surface area contributed by atoms with Gasteiger partial charge in [-0.15, -0.1) is 0 Å². The summed E-state index contributed by atoms with van der Waals surface area (Å²) in [5, 5.41) is 18.6. The first-order chi connectivity index (χ1) is 13.4. The molecule has 1 aromatic rings. The summed E-state index contributed by atoms with van der Waals surface area (Å²) in [6.45, 7) is 3.39. The molecule has 0 amide bonds. The minimum absolute atomic E-state index is 0.0555. The number of phenols is 1. The Balaban J connectivity index is 2.04. The molecule has 2 N–H and O–H groups in total. The van der Waals surface area contributed by atoms with E-state index < -0.39 is 11.9 Å². The molecule has 0 atom stereocenters. The molecule has 0 radical (unpaired) electrons. The third-order valence-electron chi connectivity index (χ3n) is 3.77. The van der Waals surface area contributed by atoms with Crippen LogP contribution in [0.5, 0.6) is 5.75 Å². The summed E-state index contributed by atoms with van der Waals surface area (Å²) in [7, 11) is 0. The summed E-state index contributed by atoms with van der Waals surface area (Å²) >= 11 is 0. The highest BCUT2D eigenvalue weighted by Gasteiger charge is 2.15. The van der Waals surface area contributed by atoms with E-state index in [0.717, 1.165) is 0 Å². The van der Waals surface area contributed by atoms with E-state index >= 15 is 0 Å². The predicted octanol–water partition coefficient (Wildman–Crippen LogP) is 4.62. The van der Waals surface area contributed by atoms with E-state index in [2.05, 4.69) is 0 Å². The fraction of sp³-hybridized carbons (Fsp3) is 0.182. The molecular formula is C22H22O6. The molecule has 0 saturated heterocycles. The Hall–Kier alpha value is -3.54. The highest BCUT2D eigenvalue weighted by Crippen LogP contribution is 2.19. The number of aromatic hydroxyl groups is 1. The molecule has 0 saturated carbocycles. The van der Waals surface area contributed by atoms with Crippen LogP contribution in [-0.4, -0.2) is 22.2 Å². The summed E-state index contributed by atoms with van der Waals surface area (Å²) in [4.78, 5) is 24.3. The Morgan fingerprint density at radius 3 is 2.29 bits per heavy atom. The molecule has 0 bridgehead atoms. The van der Waals surface area contributed by atoms with E-state index in [0.29, 0.717) is 29.7 Å². The van der Waals surface area contributed by atoms with Crippen molar-refractivity contribution >= 4 is 11.9 Å². The van der Waals surface area contributed by atoms with E-state index in [1.807, 2.05) is 0 Å². The van der Waals surface area contributed by atoms with Gasteiger partial charge in [-0.2, -0.15) is 0 Å². The maximum absolute atomic E-state index is 12.2. The number of esters is 2. The van der Waals surface area contributed by atoms with Crippen molar-refractivity contribution in [2.24, 2.45) is 0 Å². The smallest absolute Gasteiger partial charge is 0.343 e. The van der Waals surface area contributed by atoms with Gasteiger partial charge in [0.15, 0.2) is 0 Å². The number of aliphatic hydroxyl groups excluding tert-OH is 1. The van der Waals surface area contributed by atoms with Gasteiger partial charge >= 0.3 is 11.9 Å². The van der Waals surface area contributed by atoms with Crippen LogP contribution in [0.2, 0.25) is 0 Å². The van der Waals surface area contributed by atoms with Crippen molar-refractivity contribution in [2.75, 3.05) is 0 Å². The molecule has 6 heteroatoms. The first-order valence-electron chi connectivity index (χ1n) is 8.72. The summed E-state index contributed by atoms with van der Waals surface area (Å²) in [5.41, 5.74) is 0.767. The van der Waals surface area contributed by atoms with Crippen molar-refractivity contribution in [3.8, 4) is 5.75 Å². The van der Waals surface area contributed by atoms with Gasteiger partial charge in [0.2, 0.25) is 0 Å². The number of hydrogen-bond donors (Lipinski definition) is 2. The van der Waals surface area contributed by atoms with Gasteiger partial charge in [0.25, 0.3) is 0 Å². The Morgan fingerprint density at radius 2 is 1.68 bits per heavy atom. The summed E-state index contributed by atoms with van der Waals surface area (Å²) in [6, 6.07) is 5.71. The second-order valence-corrected chi connectivity index (χ2v) is 6.02. The fourth-order valence-electron chi connectivity index (χ4n) is 2.29. The second kappa shape index (κ2) is 9.97. The molecule has 0 heterocycles. The van der Waals surface area contributed by atoms with Crippen LogP contribution in [0.25, 0.3) is 0 Å². The number of benzene rings is 1. The molecule has 0 aliphatic heterocycles. The summed E-state index contributed by atoms with van der Waals surface area (Å²) in [5.74, 6) is -0.183. The first kappa shape index (κ1) is 20.8. The molecule has 2 rings (SSSR count). The number of carbonyl (C=O) groups is 2. The van der Waals surface area contributed by atoms with Gasteiger partial charge in [-0.25, -0.2) is 9.59 Å².